The highest BCUT2D eigenvalue weighted by Crippen LogP contribution is 2.22. The lowest BCUT2D eigenvalue weighted by Gasteiger charge is -2.07. The molecule has 1 atom stereocenters. The largest absolute Gasteiger partial charge is 0.467 e. The Morgan fingerprint density at radius 1 is 1.56 bits per heavy atom. The Morgan fingerprint density at radius 2 is 2.31 bits per heavy atom. The average molecular weight is 240 g/mol. The molecular weight excluding hydrogens is 232 g/mol. The summed E-state index contributed by atoms with van der Waals surface area (Å²) in [4.78, 5) is 21.6. The summed E-state index contributed by atoms with van der Waals surface area (Å²) in [6, 6.07) is 4.58. The van der Waals surface area contributed by atoms with E-state index in [4.69, 9.17) is 4.42 Å². The predicted molar refractivity (Wildman–Crippen MR) is 57.3 cm³/mol. The third-order valence-corrected chi connectivity index (χ3v) is 2.88. The first-order valence-corrected chi connectivity index (χ1v) is 5.23. The molecule has 1 aromatic heterocycles. The van der Waals surface area contributed by atoms with E-state index in [0.29, 0.717) is 15.8 Å². The Morgan fingerprint density at radius 3 is 3.00 bits per heavy atom. The molecule has 0 saturated heterocycles. The summed E-state index contributed by atoms with van der Waals surface area (Å²) < 4.78 is 9.86. The van der Waals surface area contributed by atoms with Crippen LogP contribution in [0.5, 0.6) is 0 Å². The van der Waals surface area contributed by atoms with Crippen LogP contribution in [-0.4, -0.2) is 18.2 Å². The van der Waals surface area contributed by atoms with Crippen LogP contribution in [0.15, 0.2) is 27.4 Å². The Labute approximate surface area is 93.9 Å². The molecule has 0 radical (unpaired) electrons. The SMILES string of the molecule is COC(=O)C(O)c1ccc2oc(=O)sc2c1. The predicted octanol–water partition coefficient (Wildman–Crippen LogP) is 1.06. The molecule has 0 spiro atoms. The Kier molecular flexibility index (Phi) is 2.76. The molecule has 0 aliphatic rings. The van der Waals surface area contributed by atoms with E-state index in [1.165, 1.54) is 25.3 Å². The number of aliphatic hydroxyl groups is 1. The number of carbonyl (C=O) groups is 1. The smallest absolute Gasteiger partial charge is 0.396 e. The van der Waals surface area contributed by atoms with Gasteiger partial charge < -0.3 is 14.3 Å². The van der Waals surface area contributed by atoms with Gasteiger partial charge in [-0.2, -0.15) is 0 Å². The summed E-state index contributed by atoms with van der Waals surface area (Å²) in [5, 5.41) is 9.58. The third kappa shape index (κ3) is 1.84. The Hall–Kier alpha value is -1.66. The highest BCUT2D eigenvalue weighted by Gasteiger charge is 2.18. The molecule has 5 nitrogen and oxygen atoms in total. The van der Waals surface area contributed by atoms with Gasteiger partial charge in [0.15, 0.2) is 6.10 Å². The maximum atomic E-state index is 11.1. The molecule has 0 saturated carbocycles. The number of rotatable bonds is 2. The van der Waals surface area contributed by atoms with Crippen molar-refractivity contribution in [2.45, 2.75) is 6.10 Å². The van der Waals surface area contributed by atoms with Gasteiger partial charge in [-0.3, -0.25) is 0 Å². The number of hydrogen-bond donors (Lipinski definition) is 1. The second kappa shape index (κ2) is 4.07. The van der Waals surface area contributed by atoms with Crippen molar-refractivity contribution in [1.82, 2.24) is 0 Å². The van der Waals surface area contributed by atoms with Gasteiger partial charge in [-0.15, -0.1) is 0 Å². The van der Waals surface area contributed by atoms with Gasteiger partial charge >= 0.3 is 10.9 Å². The van der Waals surface area contributed by atoms with Crippen molar-refractivity contribution in [2.75, 3.05) is 7.11 Å². The van der Waals surface area contributed by atoms with Crippen LogP contribution in [-0.2, 0) is 9.53 Å². The molecule has 16 heavy (non-hydrogen) atoms. The van der Waals surface area contributed by atoms with Gasteiger partial charge in [0.25, 0.3) is 0 Å². The molecule has 0 aliphatic carbocycles. The summed E-state index contributed by atoms with van der Waals surface area (Å²) in [6.45, 7) is 0. The average Bonchev–Trinajstić information content (AvgIpc) is 2.65. The maximum absolute atomic E-state index is 11.1. The van der Waals surface area contributed by atoms with Crippen molar-refractivity contribution >= 4 is 27.6 Å². The van der Waals surface area contributed by atoms with Gasteiger partial charge in [0.05, 0.1) is 11.8 Å². The van der Waals surface area contributed by atoms with Gasteiger partial charge in [0.2, 0.25) is 0 Å². The monoisotopic (exact) mass is 240 g/mol. The summed E-state index contributed by atoms with van der Waals surface area (Å²) in [7, 11) is 1.19. The van der Waals surface area contributed by atoms with Crippen LogP contribution in [0.2, 0.25) is 0 Å². The fraction of sp³-hybridized carbons (Fsp3) is 0.200. The molecule has 84 valence electrons. The van der Waals surface area contributed by atoms with Crippen molar-refractivity contribution in [2.24, 2.45) is 0 Å². The number of carbonyl (C=O) groups excluding carboxylic acids is 1. The molecule has 1 heterocycles. The van der Waals surface area contributed by atoms with Gasteiger partial charge in [-0.1, -0.05) is 17.4 Å². The summed E-state index contributed by atoms with van der Waals surface area (Å²) in [5.74, 6) is -0.741. The van der Waals surface area contributed by atoms with E-state index in [9.17, 15) is 14.7 Å². The van der Waals surface area contributed by atoms with E-state index in [1.54, 1.807) is 0 Å². The molecule has 1 aromatic carbocycles. The van der Waals surface area contributed by atoms with Gasteiger partial charge in [-0.05, 0) is 17.7 Å². The Bertz CT molecular complexity index is 582. The number of ether oxygens (including phenoxy) is 1. The second-order valence-electron chi connectivity index (χ2n) is 3.09. The van der Waals surface area contributed by atoms with Gasteiger partial charge in [0, 0.05) is 0 Å². The van der Waals surface area contributed by atoms with Crippen LogP contribution >= 0.6 is 11.3 Å². The number of esters is 1. The quantitative estimate of drug-likeness (QED) is 0.794. The van der Waals surface area contributed by atoms with Crippen LogP contribution < -0.4 is 4.94 Å². The highest BCUT2D eigenvalue weighted by molar-refractivity contribution is 7.16. The van der Waals surface area contributed by atoms with E-state index >= 15 is 0 Å². The first-order chi connectivity index (χ1) is 7.61. The normalized spacial score (nSPS) is 12.6. The molecule has 2 rings (SSSR count). The fourth-order valence-corrected chi connectivity index (χ4v) is 2.02. The van der Waals surface area contributed by atoms with E-state index in [1.807, 2.05) is 0 Å². The van der Waals surface area contributed by atoms with Gasteiger partial charge in [-0.25, -0.2) is 9.59 Å². The standard InChI is InChI=1S/C10H8O5S/c1-14-9(12)8(11)5-2-3-6-7(4-5)16-10(13)15-6/h2-4,8,11H,1H3. The maximum Gasteiger partial charge on any atom is 0.396 e. The first kappa shape index (κ1) is 10.8. The zero-order chi connectivity index (χ0) is 11.7. The minimum absolute atomic E-state index is 0.372. The van der Waals surface area contributed by atoms with E-state index in [0.717, 1.165) is 11.3 Å². The number of methoxy groups -OCH3 is 1. The lowest BCUT2D eigenvalue weighted by molar-refractivity contribution is -0.150. The van der Waals surface area contributed by atoms with Crippen molar-refractivity contribution in [3.05, 3.63) is 33.5 Å². The Balaban J connectivity index is 2.46. The second-order valence-corrected chi connectivity index (χ2v) is 4.06. The molecule has 1 unspecified atom stereocenters. The van der Waals surface area contributed by atoms with Crippen LogP contribution in [0.3, 0.4) is 0 Å². The number of hydrogen-bond acceptors (Lipinski definition) is 6. The van der Waals surface area contributed by atoms with Crippen LogP contribution in [0.1, 0.15) is 11.7 Å². The lowest BCUT2D eigenvalue weighted by atomic mass is 10.1. The topological polar surface area (TPSA) is 76.7 Å². The van der Waals surface area contributed by atoms with Crippen LogP contribution in [0.25, 0.3) is 10.3 Å². The molecular formula is C10H8O5S. The summed E-state index contributed by atoms with van der Waals surface area (Å²) in [6.07, 6.45) is -1.34. The summed E-state index contributed by atoms with van der Waals surface area (Å²) in [5.41, 5.74) is 0.812. The molecule has 0 fully saturated rings. The van der Waals surface area contributed by atoms with Crippen molar-refractivity contribution < 1.29 is 19.1 Å². The van der Waals surface area contributed by atoms with Crippen molar-refractivity contribution in [1.29, 1.82) is 0 Å². The van der Waals surface area contributed by atoms with Crippen LogP contribution in [0.4, 0.5) is 0 Å². The molecule has 2 aromatic rings. The minimum atomic E-state index is -1.34. The fourth-order valence-electron chi connectivity index (χ4n) is 1.31. The number of benzene rings is 1. The molecule has 1 N–H and O–H groups in total. The van der Waals surface area contributed by atoms with E-state index in [2.05, 4.69) is 4.74 Å². The molecule has 0 aliphatic heterocycles. The summed E-state index contributed by atoms with van der Waals surface area (Å²) >= 11 is 0.918. The van der Waals surface area contributed by atoms with Crippen molar-refractivity contribution in [3.8, 4) is 0 Å². The molecule has 0 amide bonds. The minimum Gasteiger partial charge on any atom is -0.467 e. The third-order valence-electron chi connectivity index (χ3n) is 2.09. The van der Waals surface area contributed by atoms with Gasteiger partial charge in [0.1, 0.15) is 5.58 Å². The molecule has 0 bridgehead atoms. The zero-order valence-corrected chi connectivity index (χ0v) is 9.11. The van der Waals surface area contributed by atoms with Crippen LogP contribution in [0, 0.1) is 0 Å². The number of fused-ring (bicyclic) bond motifs is 1. The van der Waals surface area contributed by atoms with E-state index < -0.39 is 17.0 Å². The highest BCUT2D eigenvalue weighted by atomic mass is 32.1. The molecule has 6 heteroatoms. The first-order valence-electron chi connectivity index (χ1n) is 4.41. The number of aliphatic hydroxyl groups excluding tert-OH is 1. The lowest BCUT2D eigenvalue weighted by Crippen LogP contribution is -2.13. The zero-order valence-electron chi connectivity index (χ0n) is 8.30. The van der Waals surface area contributed by atoms with Crippen molar-refractivity contribution in [3.63, 3.8) is 0 Å². The van der Waals surface area contributed by atoms with E-state index in [-0.39, 0.29) is 0 Å².